The summed E-state index contributed by atoms with van der Waals surface area (Å²) in [7, 11) is 0. The molecule has 0 atom stereocenters. The average Bonchev–Trinajstić information content (AvgIpc) is 2.68. The number of benzene rings is 1. The number of aryl methyl sites for hydroxylation is 1. The van der Waals surface area contributed by atoms with E-state index in [1.54, 1.807) is 0 Å². The van der Waals surface area contributed by atoms with Crippen LogP contribution in [0, 0.1) is 12.8 Å². The molecule has 6 nitrogen and oxygen atoms in total. The van der Waals surface area contributed by atoms with Crippen LogP contribution < -0.4 is 5.32 Å². The predicted molar refractivity (Wildman–Crippen MR) is 99.6 cm³/mol. The molecule has 2 fully saturated rings. The summed E-state index contributed by atoms with van der Waals surface area (Å²) in [5.74, 6) is 0.403. The van der Waals surface area contributed by atoms with Crippen molar-refractivity contribution in [2.24, 2.45) is 5.92 Å². The molecule has 2 aliphatic heterocycles. The highest BCUT2D eigenvalue weighted by Gasteiger charge is 2.29. The predicted octanol–water partition coefficient (Wildman–Crippen LogP) is 1.18. The summed E-state index contributed by atoms with van der Waals surface area (Å²) in [6.07, 6.45) is 1.67. The van der Waals surface area contributed by atoms with Gasteiger partial charge in [0.15, 0.2) is 0 Å². The summed E-state index contributed by atoms with van der Waals surface area (Å²) < 4.78 is 5.31. The Kier molecular flexibility index (Phi) is 6.63. The minimum Gasteiger partial charge on any atom is -0.378 e. The first kappa shape index (κ1) is 18.9. The molecular weight excluding hydrogens is 330 g/mol. The largest absolute Gasteiger partial charge is 0.378 e. The monoisotopic (exact) mass is 359 g/mol. The molecule has 0 unspecified atom stereocenters. The van der Waals surface area contributed by atoms with Gasteiger partial charge in [-0.25, -0.2) is 0 Å². The Morgan fingerprint density at radius 2 is 1.73 bits per heavy atom. The van der Waals surface area contributed by atoms with Gasteiger partial charge in [0.2, 0.25) is 11.8 Å². The lowest BCUT2D eigenvalue weighted by atomic mass is 9.95. The van der Waals surface area contributed by atoms with Crippen LogP contribution in [-0.4, -0.2) is 67.6 Å². The molecule has 0 bridgehead atoms. The zero-order valence-electron chi connectivity index (χ0n) is 15.6. The average molecular weight is 359 g/mol. The van der Waals surface area contributed by atoms with Crippen molar-refractivity contribution in [3.8, 4) is 0 Å². The van der Waals surface area contributed by atoms with E-state index >= 15 is 0 Å². The zero-order valence-corrected chi connectivity index (χ0v) is 15.6. The van der Waals surface area contributed by atoms with E-state index in [0.717, 1.165) is 31.5 Å². The summed E-state index contributed by atoms with van der Waals surface area (Å²) in [4.78, 5) is 28.8. The van der Waals surface area contributed by atoms with Crippen molar-refractivity contribution < 1.29 is 14.3 Å². The molecule has 3 rings (SSSR count). The first-order valence-electron chi connectivity index (χ1n) is 9.53. The van der Waals surface area contributed by atoms with Crippen molar-refractivity contribution in [1.82, 2.24) is 15.1 Å². The third-order valence-electron chi connectivity index (χ3n) is 5.24. The second-order valence-electron chi connectivity index (χ2n) is 7.25. The molecule has 26 heavy (non-hydrogen) atoms. The van der Waals surface area contributed by atoms with Gasteiger partial charge in [0, 0.05) is 25.6 Å². The van der Waals surface area contributed by atoms with Crippen molar-refractivity contribution in [1.29, 1.82) is 0 Å². The Hall–Kier alpha value is -1.92. The number of carbonyl (C=O) groups excluding carboxylic acids is 2. The maximum Gasteiger partial charge on any atom is 0.234 e. The van der Waals surface area contributed by atoms with E-state index in [2.05, 4.69) is 29.3 Å². The molecule has 0 aromatic heterocycles. The van der Waals surface area contributed by atoms with Gasteiger partial charge in [-0.2, -0.15) is 0 Å². The van der Waals surface area contributed by atoms with Crippen molar-refractivity contribution >= 4 is 11.8 Å². The Morgan fingerprint density at radius 3 is 2.38 bits per heavy atom. The fourth-order valence-corrected chi connectivity index (χ4v) is 3.55. The van der Waals surface area contributed by atoms with E-state index in [0.29, 0.717) is 39.4 Å². The normalized spacial score (nSPS) is 19.3. The van der Waals surface area contributed by atoms with Crippen LogP contribution in [0.15, 0.2) is 24.3 Å². The van der Waals surface area contributed by atoms with Crippen LogP contribution in [0.2, 0.25) is 0 Å². The molecule has 2 amide bonds. The standard InChI is InChI=1S/C20H29N3O3/c1-16-2-4-17(5-3-16)14-21-19(24)15-22-8-6-18(7-9-22)20(25)23-10-12-26-13-11-23/h2-5,18H,6-15H2,1H3,(H,21,24). The van der Waals surface area contributed by atoms with Gasteiger partial charge in [-0.1, -0.05) is 29.8 Å². The van der Waals surface area contributed by atoms with Gasteiger partial charge in [0.1, 0.15) is 0 Å². The zero-order chi connectivity index (χ0) is 18.4. The van der Waals surface area contributed by atoms with Crippen LogP contribution in [0.25, 0.3) is 0 Å². The Labute approximate surface area is 155 Å². The molecule has 1 N–H and O–H groups in total. The van der Waals surface area contributed by atoms with Gasteiger partial charge < -0.3 is 15.0 Å². The van der Waals surface area contributed by atoms with Gasteiger partial charge in [-0.3, -0.25) is 14.5 Å². The highest BCUT2D eigenvalue weighted by molar-refractivity contribution is 5.79. The van der Waals surface area contributed by atoms with Crippen LogP contribution >= 0.6 is 0 Å². The third kappa shape index (κ3) is 5.29. The molecule has 142 valence electrons. The van der Waals surface area contributed by atoms with Gasteiger partial charge in [-0.05, 0) is 38.4 Å². The summed E-state index contributed by atoms with van der Waals surface area (Å²) in [5.41, 5.74) is 2.33. The van der Waals surface area contributed by atoms with Crippen molar-refractivity contribution in [2.45, 2.75) is 26.3 Å². The SMILES string of the molecule is Cc1ccc(CNC(=O)CN2CCC(C(=O)N3CCOCC3)CC2)cc1. The second kappa shape index (κ2) is 9.14. The van der Waals surface area contributed by atoms with Crippen LogP contribution in [0.1, 0.15) is 24.0 Å². The maximum atomic E-state index is 12.5. The third-order valence-corrected chi connectivity index (χ3v) is 5.24. The van der Waals surface area contributed by atoms with Crippen LogP contribution in [0.4, 0.5) is 0 Å². The lowest BCUT2D eigenvalue weighted by Crippen LogP contribution is -2.48. The summed E-state index contributed by atoms with van der Waals surface area (Å²) in [6, 6.07) is 8.19. The minimum atomic E-state index is 0.0449. The number of morpholine rings is 1. The van der Waals surface area contributed by atoms with Crippen molar-refractivity contribution in [3.05, 3.63) is 35.4 Å². The van der Waals surface area contributed by atoms with E-state index in [9.17, 15) is 9.59 Å². The van der Waals surface area contributed by atoms with Crippen molar-refractivity contribution in [2.75, 3.05) is 45.9 Å². The lowest BCUT2D eigenvalue weighted by molar-refractivity contribution is -0.141. The molecule has 2 saturated heterocycles. The Bertz CT molecular complexity index is 603. The van der Waals surface area contributed by atoms with Crippen molar-refractivity contribution in [3.63, 3.8) is 0 Å². The fourth-order valence-electron chi connectivity index (χ4n) is 3.55. The maximum absolute atomic E-state index is 12.5. The molecule has 0 radical (unpaired) electrons. The molecule has 0 aliphatic carbocycles. The number of ether oxygens (including phenoxy) is 1. The topological polar surface area (TPSA) is 61.9 Å². The van der Waals surface area contributed by atoms with E-state index in [1.165, 1.54) is 5.56 Å². The first-order valence-corrected chi connectivity index (χ1v) is 9.53. The molecule has 2 heterocycles. The number of nitrogens with zero attached hydrogens (tertiary/aromatic N) is 2. The number of nitrogens with one attached hydrogen (secondary N) is 1. The molecule has 1 aromatic carbocycles. The van der Waals surface area contributed by atoms with E-state index in [1.807, 2.05) is 17.0 Å². The smallest absolute Gasteiger partial charge is 0.234 e. The van der Waals surface area contributed by atoms with Gasteiger partial charge in [-0.15, -0.1) is 0 Å². The van der Waals surface area contributed by atoms with E-state index in [4.69, 9.17) is 4.74 Å². The summed E-state index contributed by atoms with van der Waals surface area (Å²) >= 11 is 0. The fraction of sp³-hybridized carbons (Fsp3) is 0.600. The van der Waals surface area contributed by atoms with Crippen LogP contribution in [-0.2, 0) is 20.9 Å². The molecule has 1 aromatic rings. The highest BCUT2D eigenvalue weighted by atomic mass is 16.5. The number of amides is 2. The molecule has 2 aliphatic rings. The highest BCUT2D eigenvalue weighted by Crippen LogP contribution is 2.20. The number of hydrogen-bond acceptors (Lipinski definition) is 4. The van der Waals surface area contributed by atoms with Crippen LogP contribution in [0.3, 0.4) is 0 Å². The number of carbonyl (C=O) groups is 2. The second-order valence-corrected chi connectivity index (χ2v) is 7.25. The number of piperidine rings is 1. The number of hydrogen-bond donors (Lipinski definition) is 1. The molecule has 0 spiro atoms. The van der Waals surface area contributed by atoms with Gasteiger partial charge >= 0.3 is 0 Å². The molecule has 0 saturated carbocycles. The van der Waals surface area contributed by atoms with E-state index in [-0.39, 0.29) is 17.7 Å². The Balaban J connectivity index is 1.37. The Morgan fingerprint density at radius 1 is 1.08 bits per heavy atom. The summed E-state index contributed by atoms with van der Waals surface area (Å²) in [5, 5.41) is 2.98. The van der Waals surface area contributed by atoms with E-state index < -0.39 is 0 Å². The lowest BCUT2D eigenvalue weighted by Gasteiger charge is -2.35. The number of rotatable bonds is 5. The van der Waals surface area contributed by atoms with Crippen LogP contribution in [0.5, 0.6) is 0 Å². The molecule has 6 heteroatoms. The number of likely N-dealkylation sites (tertiary alicyclic amines) is 1. The van der Waals surface area contributed by atoms with Gasteiger partial charge in [0.25, 0.3) is 0 Å². The van der Waals surface area contributed by atoms with Gasteiger partial charge in [0.05, 0.1) is 19.8 Å². The summed E-state index contributed by atoms with van der Waals surface area (Å²) in [6.45, 7) is 7.33. The molecular formula is C20H29N3O3. The minimum absolute atomic E-state index is 0.0449. The first-order chi connectivity index (χ1) is 12.6. The quantitative estimate of drug-likeness (QED) is 0.858.